The van der Waals surface area contributed by atoms with E-state index in [1.807, 2.05) is 0 Å². The van der Waals surface area contributed by atoms with Gasteiger partial charge in [-0.05, 0) is 50.0 Å². The maximum Gasteiger partial charge on any atom is 0.106 e. The van der Waals surface area contributed by atoms with Crippen LogP contribution in [0.3, 0.4) is 0 Å². The number of thioether (sulfide) groups is 1. The molecule has 1 heterocycles. The third-order valence-corrected chi connectivity index (χ3v) is 4.23. The van der Waals surface area contributed by atoms with E-state index >= 15 is 0 Å². The molecule has 2 rings (SSSR count). The van der Waals surface area contributed by atoms with E-state index < -0.39 is 0 Å². The van der Waals surface area contributed by atoms with Crippen LogP contribution in [0.25, 0.3) is 0 Å². The highest BCUT2D eigenvalue weighted by molar-refractivity contribution is 7.99. The van der Waals surface area contributed by atoms with Gasteiger partial charge in [-0.25, -0.2) is 0 Å². The predicted octanol–water partition coefficient (Wildman–Crippen LogP) is 3.39. The van der Waals surface area contributed by atoms with Crippen LogP contribution in [0.2, 0.25) is 0 Å². The van der Waals surface area contributed by atoms with Gasteiger partial charge in [-0.15, -0.1) is 0 Å². The maximum absolute atomic E-state index is 4.83. The van der Waals surface area contributed by atoms with Crippen LogP contribution in [0, 0.1) is 0 Å². The molecule has 0 amide bonds. The van der Waals surface area contributed by atoms with Crippen molar-refractivity contribution >= 4 is 17.5 Å². The Labute approximate surface area is 96.1 Å². The van der Waals surface area contributed by atoms with E-state index in [1.54, 1.807) is 18.3 Å². The molecule has 1 saturated heterocycles. The largest absolute Gasteiger partial charge is 0.399 e. The van der Waals surface area contributed by atoms with E-state index in [4.69, 9.17) is 4.84 Å². The smallest absolute Gasteiger partial charge is 0.106 e. The third kappa shape index (κ3) is 3.00. The minimum absolute atomic E-state index is 1.11. The lowest BCUT2D eigenvalue weighted by Crippen LogP contribution is -2.11. The molecule has 0 spiro atoms. The van der Waals surface area contributed by atoms with Crippen molar-refractivity contribution in [1.82, 2.24) is 0 Å². The van der Waals surface area contributed by atoms with Crippen LogP contribution in [-0.4, -0.2) is 24.3 Å². The Bertz CT molecular complexity index is 263. The second-order valence-electron chi connectivity index (χ2n) is 4.16. The molecule has 0 radical (unpaired) electrons. The monoisotopic (exact) mass is 225 g/mol. The van der Waals surface area contributed by atoms with Gasteiger partial charge in [0.1, 0.15) is 7.11 Å². The summed E-state index contributed by atoms with van der Waals surface area (Å²) in [6, 6.07) is 0. The number of hydrogen-bond donors (Lipinski definition) is 0. The fourth-order valence-corrected chi connectivity index (χ4v) is 3.37. The van der Waals surface area contributed by atoms with Gasteiger partial charge in [-0.1, -0.05) is 16.3 Å². The van der Waals surface area contributed by atoms with Gasteiger partial charge >= 0.3 is 0 Å². The van der Waals surface area contributed by atoms with Crippen LogP contribution in [0.4, 0.5) is 0 Å². The molecule has 2 fully saturated rings. The van der Waals surface area contributed by atoms with Crippen LogP contribution < -0.4 is 0 Å². The quantitative estimate of drug-likeness (QED) is 0.504. The highest BCUT2D eigenvalue weighted by atomic mass is 32.2. The Morgan fingerprint density at radius 3 is 2.13 bits per heavy atom. The minimum Gasteiger partial charge on any atom is -0.399 e. The SMILES string of the molecule is CON=C1CCC(=C2CCSCC2)CC1. The molecule has 15 heavy (non-hydrogen) atoms. The maximum atomic E-state index is 4.83. The van der Waals surface area contributed by atoms with Crippen LogP contribution in [0.5, 0.6) is 0 Å². The first kappa shape index (κ1) is 11.1. The summed E-state index contributed by atoms with van der Waals surface area (Å²) in [4.78, 5) is 4.83. The van der Waals surface area contributed by atoms with Crippen molar-refractivity contribution < 1.29 is 4.84 Å². The van der Waals surface area contributed by atoms with Gasteiger partial charge in [0.15, 0.2) is 0 Å². The summed E-state index contributed by atoms with van der Waals surface area (Å²) in [6.45, 7) is 0. The normalized spacial score (nSPS) is 22.9. The number of allylic oxidation sites excluding steroid dienone is 2. The van der Waals surface area contributed by atoms with E-state index in [9.17, 15) is 0 Å². The molecule has 0 N–H and O–H groups in total. The van der Waals surface area contributed by atoms with E-state index in [1.165, 1.54) is 42.9 Å². The molecule has 84 valence electrons. The molecule has 0 aromatic carbocycles. The van der Waals surface area contributed by atoms with Crippen LogP contribution in [-0.2, 0) is 4.84 Å². The summed E-state index contributed by atoms with van der Waals surface area (Å²) in [5.74, 6) is 2.66. The standard InChI is InChI=1S/C12H19NOS/c1-14-13-12-4-2-10(3-5-12)11-6-8-15-9-7-11/h2-9H2,1H3. The Morgan fingerprint density at radius 2 is 1.53 bits per heavy atom. The first-order valence-electron chi connectivity index (χ1n) is 5.76. The predicted molar refractivity (Wildman–Crippen MR) is 66.5 cm³/mol. The zero-order chi connectivity index (χ0) is 10.5. The lowest BCUT2D eigenvalue weighted by molar-refractivity contribution is 0.211. The summed E-state index contributed by atoms with van der Waals surface area (Å²) >= 11 is 2.09. The lowest BCUT2D eigenvalue weighted by Gasteiger charge is -2.23. The zero-order valence-electron chi connectivity index (χ0n) is 9.42. The highest BCUT2D eigenvalue weighted by Crippen LogP contribution is 2.31. The Morgan fingerprint density at radius 1 is 0.933 bits per heavy atom. The Balaban J connectivity index is 1.94. The van der Waals surface area contributed by atoms with Gasteiger partial charge in [-0.3, -0.25) is 0 Å². The van der Waals surface area contributed by atoms with Gasteiger partial charge in [0.25, 0.3) is 0 Å². The molecule has 0 aromatic rings. The number of oxime groups is 1. The molecule has 1 saturated carbocycles. The van der Waals surface area contributed by atoms with Crippen molar-refractivity contribution in [1.29, 1.82) is 0 Å². The number of rotatable bonds is 1. The summed E-state index contributed by atoms with van der Waals surface area (Å²) < 4.78 is 0. The van der Waals surface area contributed by atoms with E-state index in [0.29, 0.717) is 0 Å². The van der Waals surface area contributed by atoms with Crippen LogP contribution in [0.15, 0.2) is 16.3 Å². The van der Waals surface area contributed by atoms with E-state index in [0.717, 1.165) is 12.8 Å². The molecule has 0 atom stereocenters. The third-order valence-electron chi connectivity index (χ3n) is 3.25. The second kappa shape index (κ2) is 5.59. The Kier molecular flexibility index (Phi) is 4.12. The van der Waals surface area contributed by atoms with Gasteiger partial charge < -0.3 is 4.84 Å². The van der Waals surface area contributed by atoms with Crippen molar-refractivity contribution in [2.24, 2.45) is 5.16 Å². The second-order valence-corrected chi connectivity index (χ2v) is 5.38. The molecule has 1 aliphatic carbocycles. The average Bonchev–Trinajstić information content (AvgIpc) is 2.32. The fraction of sp³-hybridized carbons (Fsp3) is 0.750. The summed E-state index contributed by atoms with van der Waals surface area (Å²) in [6.07, 6.45) is 7.33. The first-order chi connectivity index (χ1) is 7.40. The first-order valence-corrected chi connectivity index (χ1v) is 6.92. The molecule has 3 heteroatoms. The topological polar surface area (TPSA) is 21.6 Å². The molecule has 0 unspecified atom stereocenters. The molecule has 0 aromatic heterocycles. The van der Waals surface area contributed by atoms with Gasteiger partial charge in [-0.2, -0.15) is 11.8 Å². The van der Waals surface area contributed by atoms with Gasteiger partial charge in [0.05, 0.1) is 5.71 Å². The minimum atomic E-state index is 1.11. The molecular formula is C12H19NOS. The summed E-state index contributed by atoms with van der Waals surface area (Å²) in [7, 11) is 1.64. The molecular weight excluding hydrogens is 206 g/mol. The summed E-state index contributed by atoms with van der Waals surface area (Å²) in [5, 5.41) is 4.05. The molecule has 2 nitrogen and oxygen atoms in total. The average molecular weight is 225 g/mol. The zero-order valence-corrected chi connectivity index (χ0v) is 10.2. The lowest BCUT2D eigenvalue weighted by atomic mass is 9.88. The molecule has 1 aliphatic heterocycles. The molecule has 2 aliphatic rings. The van der Waals surface area contributed by atoms with Crippen molar-refractivity contribution in [2.75, 3.05) is 18.6 Å². The van der Waals surface area contributed by atoms with Crippen LogP contribution in [0.1, 0.15) is 38.5 Å². The number of nitrogens with zero attached hydrogens (tertiary/aromatic N) is 1. The van der Waals surface area contributed by atoms with Crippen molar-refractivity contribution in [2.45, 2.75) is 38.5 Å². The van der Waals surface area contributed by atoms with Gasteiger partial charge in [0.2, 0.25) is 0 Å². The van der Waals surface area contributed by atoms with E-state index in [2.05, 4.69) is 16.9 Å². The van der Waals surface area contributed by atoms with E-state index in [-0.39, 0.29) is 0 Å². The van der Waals surface area contributed by atoms with Crippen molar-refractivity contribution in [3.63, 3.8) is 0 Å². The summed E-state index contributed by atoms with van der Waals surface area (Å²) in [5.41, 5.74) is 4.72. The Hall–Kier alpha value is -0.440. The molecule has 0 bridgehead atoms. The van der Waals surface area contributed by atoms with Crippen LogP contribution >= 0.6 is 11.8 Å². The fourth-order valence-electron chi connectivity index (χ4n) is 2.39. The van der Waals surface area contributed by atoms with Crippen molar-refractivity contribution in [3.05, 3.63) is 11.1 Å². The van der Waals surface area contributed by atoms with Crippen molar-refractivity contribution in [3.8, 4) is 0 Å². The highest BCUT2D eigenvalue weighted by Gasteiger charge is 2.17. The van der Waals surface area contributed by atoms with Gasteiger partial charge in [0, 0.05) is 0 Å². The number of hydrogen-bond acceptors (Lipinski definition) is 3.